The van der Waals surface area contributed by atoms with Crippen molar-refractivity contribution in [3.05, 3.63) is 60.2 Å². The molecular formula is C25H34N2O5S. The van der Waals surface area contributed by atoms with Gasteiger partial charge in [-0.3, -0.25) is 0 Å². The van der Waals surface area contributed by atoms with Crippen LogP contribution in [0.3, 0.4) is 0 Å². The molecule has 0 aliphatic carbocycles. The molecule has 0 saturated carbocycles. The van der Waals surface area contributed by atoms with Crippen LogP contribution in [0.2, 0.25) is 0 Å². The highest BCUT2D eigenvalue weighted by atomic mass is 32.2. The van der Waals surface area contributed by atoms with Crippen LogP contribution < -0.4 is 4.72 Å². The molecule has 4 N–H and O–H groups in total. The van der Waals surface area contributed by atoms with Crippen LogP contribution in [0.15, 0.2) is 54.6 Å². The highest BCUT2D eigenvalue weighted by Gasteiger charge is 2.54. The third kappa shape index (κ3) is 5.70. The smallest absolute Gasteiger partial charge is 0.407 e. The van der Waals surface area contributed by atoms with Crippen LogP contribution in [0.1, 0.15) is 39.2 Å². The van der Waals surface area contributed by atoms with Gasteiger partial charge < -0.3 is 24.8 Å². The minimum absolute atomic E-state index is 0.304. The Morgan fingerprint density at radius 1 is 1.21 bits per heavy atom. The van der Waals surface area contributed by atoms with Crippen molar-refractivity contribution in [3.63, 3.8) is 0 Å². The van der Waals surface area contributed by atoms with E-state index in [0.29, 0.717) is 25.8 Å². The van der Waals surface area contributed by atoms with Crippen LogP contribution in [0.5, 0.6) is 0 Å². The summed E-state index contributed by atoms with van der Waals surface area (Å²) in [6.45, 7) is 5.17. The zero-order valence-corrected chi connectivity index (χ0v) is 20.2. The van der Waals surface area contributed by atoms with Crippen molar-refractivity contribution in [2.45, 2.75) is 62.5 Å². The van der Waals surface area contributed by atoms with Gasteiger partial charge in [0.1, 0.15) is 16.4 Å². The molecule has 1 aliphatic rings. The van der Waals surface area contributed by atoms with Crippen molar-refractivity contribution < 1.29 is 24.7 Å². The Hall–Kier alpha value is -2.10. The normalized spacial score (nSPS) is 23.2. The van der Waals surface area contributed by atoms with Crippen LogP contribution in [-0.2, 0) is 17.8 Å². The Bertz CT molecular complexity index is 936. The number of aliphatic hydroxyl groups is 2. The molecule has 1 aliphatic heterocycles. The Balaban J connectivity index is 2.03. The maximum absolute atomic E-state index is 13.1. The molecule has 0 radical (unpaired) electrons. The first-order chi connectivity index (χ1) is 15.6. The van der Waals surface area contributed by atoms with Crippen molar-refractivity contribution >= 4 is 17.5 Å². The van der Waals surface area contributed by atoms with E-state index in [1.54, 1.807) is 0 Å². The van der Waals surface area contributed by atoms with Gasteiger partial charge in [0, 0.05) is 17.9 Å². The largest absolute Gasteiger partial charge is 0.598 e. The molecule has 0 spiro atoms. The average molecular weight is 475 g/mol. The van der Waals surface area contributed by atoms with E-state index in [1.807, 2.05) is 75.4 Å². The van der Waals surface area contributed by atoms with E-state index in [1.165, 1.54) is 4.90 Å². The number of hydrogen-bond donors (Lipinski definition) is 4. The third-order valence-electron chi connectivity index (χ3n) is 6.28. The molecule has 180 valence electrons. The number of nitrogens with zero attached hydrogens (tertiary/aromatic N) is 1. The minimum atomic E-state index is -1.58. The van der Waals surface area contributed by atoms with Crippen LogP contribution in [-0.4, -0.2) is 66.4 Å². The lowest BCUT2D eigenvalue weighted by Crippen LogP contribution is -2.73. The number of aliphatic hydroxyl groups excluding tert-OH is 2. The lowest BCUT2D eigenvalue weighted by atomic mass is 9.75. The van der Waals surface area contributed by atoms with E-state index < -0.39 is 46.5 Å². The van der Waals surface area contributed by atoms with Gasteiger partial charge in [0.05, 0.1) is 12.6 Å². The number of carbonyl (C=O) groups is 1. The Kier molecular flexibility index (Phi) is 8.08. The molecule has 1 fully saturated rings. The van der Waals surface area contributed by atoms with Crippen molar-refractivity contribution in [3.8, 4) is 11.1 Å². The molecule has 0 bridgehead atoms. The molecule has 0 aromatic heterocycles. The Morgan fingerprint density at radius 3 is 2.48 bits per heavy atom. The second kappa shape index (κ2) is 10.4. The number of amides is 1. The van der Waals surface area contributed by atoms with Crippen LogP contribution >= 0.6 is 0 Å². The van der Waals surface area contributed by atoms with Gasteiger partial charge in [-0.2, -0.15) is 0 Å². The van der Waals surface area contributed by atoms with Crippen LogP contribution in [0.25, 0.3) is 11.1 Å². The zero-order valence-electron chi connectivity index (χ0n) is 19.4. The zero-order chi connectivity index (χ0) is 24.2. The number of piperidine rings is 1. The standard InChI is InChI=1S/C25H34N2O5S/c1-24(2,3)33(32)26-25(22(29)17-28)13-8-14-27(23(30)31)21(25)16-18-9-7-12-20(15-18)19-10-5-4-6-11-19/h4-7,9-12,15,21-22,26,28-29H,8,13-14,16-17H2,1-3H3,(H,30,31)/t21-,22-,25-,33?/m0/s1. The molecule has 2 aromatic rings. The fourth-order valence-corrected chi connectivity index (χ4v) is 5.49. The summed E-state index contributed by atoms with van der Waals surface area (Å²) < 4.78 is 15.6. The molecule has 1 saturated heterocycles. The number of rotatable bonds is 7. The second-order valence-corrected chi connectivity index (χ2v) is 11.6. The lowest BCUT2D eigenvalue weighted by molar-refractivity contribution is -0.0432. The first-order valence-electron chi connectivity index (χ1n) is 11.2. The molecule has 2 aromatic carbocycles. The van der Waals surface area contributed by atoms with Gasteiger partial charge in [-0.05, 0) is 56.7 Å². The molecule has 8 heteroatoms. The number of nitrogens with one attached hydrogen (secondary N) is 1. The van der Waals surface area contributed by atoms with E-state index in [9.17, 15) is 24.7 Å². The first-order valence-corrected chi connectivity index (χ1v) is 12.4. The van der Waals surface area contributed by atoms with Crippen molar-refractivity contribution in [2.24, 2.45) is 0 Å². The quantitative estimate of drug-likeness (QED) is 0.458. The van der Waals surface area contributed by atoms with Crippen LogP contribution in [0, 0.1) is 0 Å². The fourth-order valence-electron chi connectivity index (χ4n) is 4.46. The summed E-state index contributed by atoms with van der Waals surface area (Å²) in [6, 6.07) is 17.0. The summed E-state index contributed by atoms with van der Waals surface area (Å²) in [5, 5.41) is 30.9. The summed E-state index contributed by atoms with van der Waals surface area (Å²) in [6.07, 6.45) is -1.20. The minimum Gasteiger partial charge on any atom is -0.598 e. The maximum atomic E-state index is 13.1. The van der Waals surface area contributed by atoms with E-state index in [0.717, 1.165) is 16.7 Å². The van der Waals surface area contributed by atoms with Crippen molar-refractivity contribution in [1.29, 1.82) is 0 Å². The molecule has 1 heterocycles. The van der Waals surface area contributed by atoms with Gasteiger partial charge in [-0.25, -0.2) is 4.79 Å². The van der Waals surface area contributed by atoms with Gasteiger partial charge in [0.25, 0.3) is 0 Å². The SMILES string of the molecule is CC(C)(C)[S+]([O-])N[C@@]1([C@@H](O)CO)CCCN(C(=O)O)[C@H]1Cc1cccc(-c2ccccc2)c1. The van der Waals surface area contributed by atoms with Gasteiger partial charge in [-0.15, -0.1) is 4.72 Å². The number of hydrogen-bond acceptors (Lipinski definition) is 5. The molecule has 1 amide bonds. The van der Waals surface area contributed by atoms with E-state index in [-0.39, 0.29) is 0 Å². The molecular weight excluding hydrogens is 440 g/mol. The van der Waals surface area contributed by atoms with Crippen molar-refractivity contribution in [1.82, 2.24) is 9.62 Å². The average Bonchev–Trinajstić information content (AvgIpc) is 2.79. The molecule has 4 atom stereocenters. The first kappa shape index (κ1) is 25.5. The van der Waals surface area contributed by atoms with E-state index in [2.05, 4.69) is 4.72 Å². The summed E-state index contributed by atoms with van der Waals surface area (Å²) in [4.78, 5) is 13.5. The topological polar surface area (TPSA) is 116 Å². The lowest BCUT2D eigenvalue weighted by Gasteiger charge is -2.51. The molecule has 7 nitrogen and oxygen atoms in total. The Morgan fingerprint density at radius 2 is 1.88 bits per heavy atom. The van der Waals surface area contributed by atoms with E-state index >= 15 is 0 Å². The predicted molar refractivity (Wildman–Crippen MR) is 130 cm³/mol. The van der Waals surface area contributed by atoms with Gasteiger partial charge in [-0.1, -0.05) is 54.6 Å². The Labute approximate surface area is 198 Å². The summed E-state index contributed by atoms with van der Waals surface area (Å²) >= 11 is -1.58. The summed E-state index contributed by atoms with van der Waals surface area (Å²) in [5.41, 5.74) is 1.69. The monoisotopic (exact) mass is 474 g/mol. The highest BCUT2D eigenvalue weighted by molar-refractivity contribution is 7.90. The number of carboxylic acid groups (broad SMARTS) is 1. The highest BCUT2D eigenvalue weighted by Crippen LogP contribution is 2.36. The summed E-state index contributed by atoms with van der Waals surface area (Å²) in [7, 11) is 0. The fraction of sp³-hybridized carbons (Fsp3) is 0.480. The number of benzene rings is 2. The second-order valence-electron chi connectivity index (χ2n) is 9.59. The van der Waals surface area contributed by atoms with Gasteiger partial charge >= 0.3 is 6.09 Å². The van der Waals surface area contributed by atoms with Gasteiger partial charge in [0.15, 0.2) is 0 Å². The van der Waals surface area contributed by atoms with E-state index in [4.69, 9.17) is 0 Å². The predicted octanol–water partition coefficient (Wildman–Crippen LogP) is 3.18. The molecule has 1 unspecified atom stereocenters. The molecule has 3 rings (SSSR count). The van der Waals surface area contributed by atoms with Gasteiger partial charge in [0.2, 0.25) is 0 Å². The van der Waals surface area contributed by atoms with Crippen molar-refractivity contribution in [2.75, 3.05) is 13.2 Å². The summed E-state index contributed by atoms with van der Waals surface area (Å²) in [5.74, 6) is 0. The maximum Gasteiger partial charge on any atom is 0.407 e. The third-order valence-corrected chi connectivity index (χ3v) is 7.95. The number of likely N-dealkylation sites (tertiary alicyclic amines) is 1. The molecule has 33 heavy (non-hydrogen) atoms. The van der Waals surface area contributed by atoms with Crippen LogP contribution in [0.4, 0.5) is 4.79 Å².